The number of nitrogens with zero attached hydrogens (tertiary/aromatic N) is 4. The maximum absolute atomic E-state index is 12.2. The van der Waals surface area contributed by atoms with Gasteiger partial charge in [0.1, 0.15) is 6.04 Å². The number of carbonyl (C=O) groups is 1. The van der Waals surface area contributed by atoms with Gasteiger partial charge in [0.15, 0.2) is 0 Å². The largest absolute Gasteiger partial charge is 0.467 e. The lowest BCUT2D eigenvalue weighted by Gasteiger charge is -2.15. The minimum Gasteiger partial charge on any atom is -0.467 e. The van der Waals surface area contributed by atoms with Crippen molar-refractivity contribution >= 4 is 11.6 Å². The number of hydrogen-bond acceptors (Lipinski definition) is 5. The Morgan fingerprint density at radius 1 is 1.35 bits per heavy atom. The van der Waals surface area contributed by atoms with Crippen LogP contribution >= 0.6 is 0 Å². The van der Waals surface area contributed by atoms with Crippen LogP contribution in [-0.4, -0.2) is 32.8 Å². The van der Waals surface area contributed by atoms with Crippen molar-refractivity contribution in [2.75, 3.05) is 12.4 Å². The van der Waals surface area contributed by atoms with Crippen molar-refractivity contribution in [1.29, 1.82) is 0 Å². The number of aryl methyl sites for hydroxylation is 2. The van der Waals surface area contributed by atoms with Gasteiger partial charge in [0.05, 0.1) is 24.2 Å². The van der Waals surface area contributed by atoms with Crippen LogP contribution in [0.25, 0.3) is 0 Å². The summed E-state index contributed by atoms with van der Waals surface area (Å²) < 4.78 is 6.58. The minimum atomic E-state index is -0.411. The Kier molecular flexibility index (Phi) is 3.97. The maximum Gasteiger partial charge on any atom is 0.316 e. The fraction of sp³-hybridized carbons (Fsp3) is 0.385. The van der Waals surface area contributed by atoms with E-state index in [-0.39, 0.29) is 11.9 Å². The Balaban J connectivity index is 2.20. The van der Waals surface area contributed by atoms with Gasteiger partial charge in [0, 0.05) is 12.4 Å². The summed E-state index contributed by atoms with van der Waals surface area (Å²) in [5, 5.41) is 6.89. The zero-order chi connectivity index (χ0) is 14.7. The van der Waals surface area contributed by atoms with E-state index in [0.29, 0.717) is 17.1 Å². The Morgan fingerprint density at radius 2 is 2.00 bits per heavy atom. The van der Waals surface area contributed by atoms with E-state index in [4.69, 9.17) is 4.74 Å². The van der Waals surface area contributed by atoms with E-state index in [0.717, 1.165) is 0 Å². The summed E-state index contributed by atoms with van der Waals surface area (Å²) in [4.78, 5) is 20.5. The van der Waals surface area contributed by atoms with E-state index in [1.807, 2.05) is 0 Å². The molecule has 0 aliphatic heterocycles. The Morgan fingerprint density at radius 3 is 2.50 bits per heavy atom. The molecule has 106 valence electrons. The maximum atomic E-state index is 12.2. The van der Waals surface area contributed by atoms with Crippen molar-refractivity contribution in [3.05, 3.63) is 29.8 Å². The second-order valence-corrected chi connectivity index (χ2v) is 4.41. The minimum absolute atomic E-state index is 0.173. The summed E-state index contributed by atoms with van der Waals surface area (Å²) in [6.07, 6.45) is 3.38. The molecule has 0 aromatic carbocycles. The molecule has 0 bridgehead atoms. The van der Waals surface area contributed by atoms with Gasteiger partial charge >= 0.3 is 6.01 Å². The van der Waals surface area contributed by atoms with Crippen LogP contribution in [0, 0.1) is 13.8 Å². The summed E-state index contributed by atoms with van der Waals surface area (Å²) >= 11 is 0. The van der Waals surface area contributed by atoms with Crippen molar-refractivity contribution < 1.29 is 9.53 Å². The van der Waals surface area contributed by atoms with Crippen molar-refractivity contribution in [3.8, 4) is 6.01 Å². The third-order valence-electron chi connectivity index (χ3n) is 2.98. The van der Waals surface area contributed by atoms with Crippen LogP contribution in [0.3, 0.4) is 0 Å². The van der Waals surface area contributed by atoms with Crippen LogP contribution in [0.15, 0.2) is 18.5 Å². The number of rotatable bonds is 4. The quantitative estimate of drug-likeness (QED) is 0.914. The van der Waals surface area contributed by atoms with Crippen LogP contribution in [0.5, 0.6) is 6.01 Å². The lowest BCUT2D eigenvalue weighted by molar-refractivity contribution is -0.119. The van der Waals surface area contributed by atoms with Gasteiger partial charge in [-0.1, -0.05) is 0 Å². The normalized spacial score (nSPS) is 12.0. The predicted octanol–water partition coefficient (Wildman–Crippen LogP) is 1.50. The van der Waals surface area contributed by atoms with Crippen molar-refractivity contribution in [2.24, 2.45) is 0 Å². The Hall–Kier alpha value is -2.44. The summed E-state index contributed by atoms with van der Waals surface area (Å²) in [5.74, 6) is -0.173. The van der Waals surface area contributed by atoms with Gasteiger partial charge < -0.3 is 10.1 Å². The van der Waals surface area contributed by atoms with Crippen LogP contribution in [0.1, 0.15) is 24.4 Å². The van der Waals surface area contributed by atoms with Crippen LogP contribution in [0.4, 0.5) is 5.69 Å². The predicted molar refractivity (Wildman–Crippen MR) is 73.6 cm³/mol. The van der Waals surface area contributed by atoms with Crippen LogP contribution < -0.4 is 10.1 Å². The smallest absolute Gasteiger partial charge is 0.316 e. The molecule has 1 N–H and O–H groups in total. The average Bonchev–Trinajstić information content (AvgIpc) is 2.95. The highest BCUT2D eigenvalue weighted by Crippen LogP contribution is 2.20. The average molecular weight is 275 g/mol. The molecule has 2 aromatic rings. The summed E-state index contributed by atoms with van der Waals surface area (Å²) in [7, 11) is 1.51. The van der Waals surface area contributed by atoms with Gasteiger partial charge in [0.25, 0.3) is 0 Å². The molecule has 2 heterocycles. The third-order valence-corrected chi connectivity index (χ3v) is 2.98. The van der Waals surface area contributed by atoms with Crippen molar-refractivity contribution in [2.45, 2.75) is 26.8 Å². The zero-order valence-corrected chi connectivity index (χ0v) is 11.9. The van der Waals surface area contributed by atoms with E-state index in [2.05, 4.69) is 20.4 Å². The number of methoxy groups -OCH3 is 1. The van der Waals surface area contributed by atoms with Crippen LogP contribution in [0.2, 0.25) is 0 Å². The molecule has 0 spiro atoms. The first kappa shape index (κ1) is 14.0. The molecule has 7 heteroatoms. The molecular weight excluding hydrogens is 258 g/mol. The van der Waals surface area contributed by atoms with Crippen molar-refractivity contribution in [3.63, 3.8) is 0 Å². The van der Waals surface area contributed by atoms with E-state index in [1.165, 1.54) is 7.11 Å². The Labute approximate surface area is 117 Å². The summed E-state index contributed by atoms with van der Waals surface area (Å²) in [6, 6.07) is 1.65. The molecule has 2 aromatic heterocycles. The number of anilines is 1. The van der Waals surface area contributed by atoms with E-state index < -0.39 is 6.04 Å². The van der Waals surface area contributed by atoms with Crippen molar-refractivity contribution in [1.82, 2.24) is 19.7 Å². The summed E-state index contributed by atoms with van der Waals surface area (Å²) in [5.41, 5.74) is 1.93. The molecule has 0 saturated heterocycles. The van der Waals surface area contributed by atoms with E-state index >= 15 is 0 Å². The number of nitrogens with one attached hydrogen (secondary N) is 1. The number of amides is 1. The summed E-state index contributed by atoms with van der Waals surface area (Å²) in [6.45, 7) is 5.37. The van der Waals surface area contributed by atoms with E-state index in [1.54, 1.807) is 43.9 Å². The molecule has 7 nitrogen and oxygen atoms in total. The van der Waals surface area contributed by atoms with Gasteiger partial charge in [-0.05, 0) is 26.8 Å². The molecule has 0 saturated carbocycles. The molecule has 0 radical (unpaired) electrons. The number of hydrogen-bond donors (Lipinski definition) is 1. The van der Waals surface area contributed by atoms with Gasteiger partial charge in [-0.3, -0.25) is 9.48 Å². The number of aromatic nitrogens is 4. The highest BCUT2D eigenvalue weighted by molar-refractivity contribution is 5.94. The third kappa shape index (κ3) is 2.76. The first-order chi connectivity index (χ1) is 9.52. The lowest BCUT2D eigenvalue weighted by Crippen LogP contribution is -2.25. The first-order valence-corrected chi connectivity index (χ1v) is 6.22. The zero-order valence-electron chi connectivity index (χ0n) is 11.9. The van der Waals surface area contributed by atoms with Gasteiger partial charge in [-0.2, -0.15) is 15.1 Å². The second kappa shape index (κ2) is 5.68. The van der Waals surface area contributed by atoms with Crippen LogP contribution in [-0.2, 0) is 4.79 Å². The molecule has 20 heavy (non-hydrogen) atoms. The molecular formula is C13H17N5O2. The number of ether oxygens (including phenoxy) is 1. The number of carbonyl (C=O) groups excluding carboxylic acids is 1. The fourth-order valence-electron chi connectivity index (χ4n) is 1.82. The molecule has 1 amide bonds. The topological polar surface area (TPSA) is 81.9 Å². The second-order valence-electron chi connectivity index (χ2n) is 4.41. The van der Waals surface area contributed by atoms with Gasteiger partial charge in [-0.25, -0.2) is 0 Å². The standard InChI is InChI=1S/C13H17N5O2/c1-8-11(9(2)16-13(15-8)20-4)17-12(19)10(3)18-7-5-6-14-18/h5-7,10H,1-4H3,(H,17,19). The highest BCUT2D eigenvalue weighted by atomic mass is 16.5. The Bertz CT molecular complexity index is 586. The highest BCUT2D eigenvalue weighted by Gasteiger charge is 2.18. The molecule has 2 rings (SSSR count). The van der Waals surface area contributed by atoms with Gasteiger partial charge in [-0.15, -0.1) is 0 Å². The molecule has 1 unspecified atom stereocenters. The van der Waals surface area contributed by atoms with Gasteiger partial charge in [0.2, 0.25) is 5.91 Å². The molecule has 0 aliphatic rings. The first-order valence-electron chi connectivity index (χ1n) is 6.22. The monoisotopic (exact) mass is 275 g/mol. The lowest BCUT2D eigenvalue weighted by atomic mass is 10.2. The SMILES string of the molecule is COc1nc(C)c(NC(=O)C(C)n2cccn2)c(C)n1. The molecule has 0 aliphatic carbocycles. The molecule has 1 atom stereocenters. The molecule has 0 fully saturated rings. The van der Waals surface area contributed by atoms with E-state index in [9.17, 15) is 4.79 Å². The fourth-order valence-corrected chi connectivity index (χ4v) is 1.82.